The Kier molecular flexibility index (Phi) is 8.14. The van der Waals surface area contributed by atoms with Crippen molar-refractivity contribution in [3.8, 4) is 0 Å². The first-order chi connectivity index (χ1) is 6.63. The van der Waals surface area contributed by atoms with E-state index in [-0.39, 0.29) is 0 Å². The van der Waals surface area contributed by atoms with Gasteiger partial charge in [0.25, 0.3) is 0 Å². The summed E-state index contributed by atoms with van der Waals surface area (Å²) in [6.45, 7) is 9.35. The van der Waals surface area contributed by atoms with E-state index in [1.165, 1.54) is 6.42 Å². The summed E-state index contributed by atoms with van der Waals surface area (Å²) in [6.07, 6.45) is 2.29. The van der Waals surface area contributed by atoms with Crippen LogP contribution in [0, 0.1) is 0 Å². The fourth-order valence-corrected chi connectivity index (χ4v) is 1.76. The fraction of sp³-hybridized carbons (Fsp3) is 1.00. The van der Waals surface area contributed by atoms with E-state index in [1.807, 2.05) is 0 Å². The monoisotopic (exact) mass is 202 g/mol. The largest absolute Gasteiger partial charge is 0.383 e. The molecule has 0 aromatic heterocycles. The zero-order valence-corrected chi connectivity index (χ0v) is 10.1. The first-order valence-corrected chi connectivity index (χ1v) is 5.58. The molecular weight excluding hydrogens is 176 g/mol. The average Bonchev–Trinajstić information content (AvgIpc) is 2.14. The zero-order valence-electron chi connectivity index (χ0n) is 10.1. The quantitative estimate of drug-likeness (QED) is 0.648. The summed E-state index contributed by atoms with van der Waals surface area (Å²) < 4.78 is 5.11. The molecule has 0 aliphatic rings. The molecule has 14 heavy (non-hydrogen) atoms. The van der Waals surface area contributed by atoms with Crippen LogP contribution in [0.4, 0.5) is 0 Å². The topological polar surface area (TPSA) is 38.5 Å². The summed E-state index contributed by atoms with van der Waals surface area (Å²) >= 11 is 0. The highest BCUT2D eigenvalue weighted by Gasteiger charge is 2.15. The standard InChI is InChI=1S/C11H26N2O/c1-10(2)13(8-9-14-4)11(3)6-5-7-12/h10-11H,5-9,12H2,1-4H3. The van der Waals surface area contributed by atoms with E-state index in [4.69, 9.17) is 10.5 Å². The number of methoxy groups -OCH3 is 1. The van der Waals surface area contributed by atoms with Crippen LogP contribution >= 0.6 is 0 Å². The smallest absolute Gasteiger partial charge is 0.0589 e. The maximum Gasteiger partial charge on any atom is 0.0589 e. The van der Waals surface area contributed by atoms with Gasteiger partial charge in [-0.3, -0.25) is 4.90 Å². The van der Waals surface area contributed by atoms with Gasteiger partial charge in [-0.1, -0.05) is 0 Å². The van der Waals surface area contributed by atoms with Crippen molar-refractivity contribution in [2.45, 2.75) is 45.7 Å². The van der Waals surface area contributed by atoms with E-state index in [0.29, 0.717) is 12.1 Å². The van der Waals surface area contributed by atoms with Gasteiger partial charge in [0.2, 0.25) is 0 Å². The van der Waals surface area contributed by atoms with Crippen LogP contribution in [0.3, 0.4) is 0 Å². The Hall–Kier alpha value is -0.120. The van der Waals surface area contributed by atoms with Crippen LogP contribution in [-0.2, 0) is 4.74 Å². The Morgan fingerprint density at radius 1 is 1.29 bits per heavy atom. The second kappa shape index (κ2) is 8.21. The molecule has 1 atom stereocenters. The minimum absolute atomic E-state index is 0.581. The highest BCUT2D eigenvalue weighted by atomic mass is 16.5. The lowest BCUT2D eigenvalue weighted by atomic mass is 10.1. The Bertz CT molecular complexity index is 128. The average molecular weight is 202 g/mol. The maximum absolute atomic E-state index is 5.51. The molecule has 1 unspecified atom stereocenters. The Balaban J connectivity index is 3.91. The first kappa shape index (κ1) is 13.9. The van der Waals surface area contributed by atoms with E-state index in [2.05, 4.69) is 25.7 Å². The molecule has 3 heteroatoms. The molecule has 86 valence electrons. The van der Waals surface area contributed by atoms with Gasteiger partial charge in [-0.05, 0) is 40.2 Å². The molecular formula is C11H26N2O. The fourth-order valence-electron chi connectivity index (χ4n) is 1.76. The predicted molar refractivity (Wildman–Crippen MR) is 61.5 cm³/mol. The highest BCUT2D eigenvalue weighted by molar-refractivity contribution is 4.70. The molecule has 0 saturated carbocycles. The maximum atomic E-state index is 5.51. The molecule has 0 aromatic rings. The van der Waals surface area contributed by atoms with Crippen LogP contribution in [0.2, 0.25) is 0 Å². The number of nitrogens with zero attached hydrogens (tertiary/aromatic N) is 1. The first-order valence-electron chi connectivity index (χ1n) is 5.58. The van der Waals surface area contributed by atoms with Gasteiger partial charge in [0.15, 0.2) is 0 Å². The van der Waals surface area contributed by atoms with Gasteiger partial charge in [0.1, 0.15) is 0 Å². The molecule has 0 fully saturated rings. The number of nitrogens with two attached hydrogens (primary N) is 1. The summed E-state index contributed by atoms with van der Waals surface area (Å²) in [5.41, 5.74) is 5.51. The highest BCUT2D eigenvalue weighted by Crippen LogP contribution is 2.09. The third-order valence-corrected chi connectivity index (χ3v) is 2.61. The molecule has 3 nitrogen and oxygen atoms in total. The lowest BCUT2D eigenvalue weighted by Crippen LogP contribution is -2.41. The number of hydrogen-bond donors (Lipinski definition) is 1. The second-order valence-electron chi connectivity index (χ2n) is 4.10. The normalized spacial score (nSPS) is 13.9. The van der Waals surface area contributed by atoms with Crippen molar-refractivity contribution in [2.75, 3.05) is 26.8 Å². The molecule has 0 rings (SSSR count). The van der Waals surface area contributed by atoms with Crippen molar-refractivity contribution >= 4 is 0 Å². The van der Waals surface area contributed by atoms with Crippen molar-refractivity contribution in [2.24, 2.45) is 5.73 Å². The number of hydrogen-bond acceptors (Lipinski definition) is 3. The van der Waals surface area contributed by atoms with E-state index < -0.39 is 0 Å². The van der Waals surface area contributed by atoms with Gasteiger partial charge in [0, 0.05) is 25.7 Å². The molecule has 0 amide bonds. The van der Waals surface area contributed by atoms with E-state index >= 15 is 0 Å². The van der Waals surface area contributed by atoms with Crippen LogP contribution in [0.25, 0.3) is 0 Å². The van der Waals surface area contributed by atoms with Gasteiger partial charge in [0.05, 0.1) is 6.61 Å². The van der Waals surface area contributed by atoms with Crippen molar-refractivity contribution < 1.29 is 4.74 Å². The molecule has 0 aliphatic carbocycles. The summed E-state index contributed by atoms with van der Waals surface area (Å²) in [7, 11) is 1.75. The van der Waals surface area contributed by atoms with Crippen molar-refractivity contribution in [1.29, 1.82) is 0 Å². The zero-order chi connectivity index (χ0) is 11.0. The third kappa shape index (κ3) is 5.58. The van der Waals surface area contributed by atoms with Crippen LogP contribution < -0.4 is 5.73 Å². The summed E-state index contributed by atoms with van der Waals surface area (Å²) in [6, 6.07) is 1.19. The summed E-state index contributed by atoms with van der Waals surface area (Å²) in [4.78, 5) is 2.47. The van der Waals surface area contributed by atoms with Crippen molar-refractivity contribution in [3.05, 3.63) is 0 Å². The molecule has 0 heterocycles. The van der Waals surface area contributed by atoms with Crippen molar-refractivity contribution in [1.82, 2.24) is 4.90 Å². The number of ether oxygens (including phenoxy) is 1. The minimum atomic E-state index is 0.581. The Morgan fingerprint density at radius 2 is 1.93 bits per heavy atom. The Labute approximate surface area is 88.6 Å². The van der Waals surface area contributed by atoms with E-state index in [9.17, 15) is 0 Å². The van der Waals surface area contributed by atoms with Gasteiger partial charge in [-0.15, -0.1) is 0 Å². The van der Waals surface area contributed by atoms with Crippen LogP contribution in [-0.4, -0.2) is 43.8 Å². The molecule has 0 spiro atoms. The lowest BCUT2D eigenvalue weighted by molar-refractivity contribution is 0.0977. The minimum Gasteiger partial charge on any atom is -0.383 e. The van der Waals surface area contributed by atoms with Crippen LogP contribution in [0.5, 0.6) is 0 Å². The van der Waals surface area contributed by atoms with Crippen molar-refractivity contribution in [3.63, 3.8) is 0 Å². The lowest BCUT2D eigenvalue weighted by Gasteiger charge is -2.32. The molecule has 0 saturated heterocycles. The van der Waals surface area contributed by atoms with E-state index in [0.717, 1.165) is 26.1 Å². The van der Waals surface area contributed by atoms with Gasteiger partial charge in [-0.2, -0.15) is 0 Å². The van der Waals surface area contributed by atoms with Gasteiger partial charge < -0.3 is 10.5 Å². The third-order valence-electron chi connectivity index (χ3n) is 2.61. The predicted octanol–water partition coefficient (Wildman–Crippen LogP) is 1.47. The Morgan fingerprint density at radius 3 is 2.36 bits per heavy atom. The molecule has 0 aliphatic heterocycles. The molecule has 0 aromatic carbocycles. The molecule has 0 bridgehead atoms. The van der Waals surface area contributed by atoms with Crippen LogP contribution in [0.1, 0.15) is 33.6 Å². The van der Waals surface area contributed by atoms with Crippen LogP contribution in [0.15, 0.2) is 0 Å². The summed E-state index contributed by atoms with van der Waals surface area (Å²) in [5, 5.41) is 0. The second-order valence-corrected chi connectivity index (χ2v) is 4.10. The van der Waals surface area contributed by atoms with Gasteiger partial charge >= 0.3 is 0 Å². The molecule has 0 radical (unpaired) electrons. The number of rotatable bonds is 8. The SMILES string of the molecule is COCCN(C(C)C)C(C)CCCN. The van der Waals surface area contributed by atoms with E-state index in [1.54, 1.807) is 7.11 Å². The molecule has 2 N–H and O–H groups in total. The van der Waals surface area contributed by atoms with Gasteiger partial charge in [-0.25, -0.2) is 0 Å². The summed E-state index contributed by atoms with van der Waals surface area (Å²) in [5.74, 6) is 0.